The smallest absolute Gasteiger partial charge is 0.223 e. The molecule has 0 saturated carbocycles. The molecule has 1 aliphatic heterocycles. The van der Waals surface area contributed by atoms with Gasteiger partial charge in [-0.3, -0.25) is 4.79 Å². The summed E-state index contributed by atoms with van der Waals surface area (Å²) >= 11 is 1.75. The molecule has 3 nitrogen and oxygen atoms in total. The Morgan fingerprint density at radius 2 is 2.31 bits per heavy atom. The molecule has 4 heteroatoms. The summed E-state index contributed by atoms with van der Waals surface area (Å²) in [6.07, 6.45) is 2.91. The van der Waals surface area contributed by atoms with Crippen LogP contribution in [0, 0.1) is 5.92 Å². The van der Waals surface area contributed by atoms with Gasteiger partial charge < -0.3 is 10.6 Å². The third kappa shape index (κ3) is 3.32. The van der Waals surface area contributed by atoms with Crippen LogP contribution in [0.5, 0.6) is 0 Å². The highest BCUT2D eigenvalue weighted by Gasteiger charge is 2.19. The lowest BCUT2D eigenvalue weighted by Gasteiger charge is -2.21. The van der Waals surface area contributed by atoms with E-state index in [1.807, 2.05) is 0 Å². The Morgan fingerprint density at radius 1 is 1.50 bits per heavy atom. The maximum atomic E-state index is 11.8. The fourth-order valence-corrected chi connectivity index (χ4v) is 2.70. The third-order valence-electron chi connectivity index (χ3n) is 2.96. The van der Waals surface area contributed by atoms with Crippen molar-refractivity contribution in [1.29, 1.82) is 0 Å². The van der Waals surface area contributed by atoms with Crippen molar-refractivity contribution in [2.45, 2.75) is 19.3 Å². The molecule has 1 aromatic rings. The molecule has 0 spiro atoms. The predicted octanol–water partition coefficient (Wildman–Crippen LogP) is 1.41. The van der Waals surface area contributed by atoms with E-state index in [9.17, 15) is 4.79 Å². The molecular weight excluding hydrogens is 220 g/mol. The first kappa shape index (κ1) is 11.6. The van der Waals surface area contributed by atoms with Crippen LogP contribution in [0.15, 0.2) is 17.5 Å². The summed E-state index contributed by atoms with van der Waals surface area (Å²) in [5.41, 5.74) is 0. The molecule has 0 atom stereocenters. The fourth-order valence-electron chi connectivity index (χ4n) is 1.99. The lowest BCUT2D eigenvalue weighted by atomic mass is 9.97. The normalized spacial score (nSPS) is 17.2. The van der Waals surface area contributed by atoms with E-state index in [1.54, 1.807) is 11.3 Å². The van der Waals surface area contributed by atoms with Crippen molar-refractivity contribution in [3.8, 4) is 0 Å². The molecule has 16 heavy (non-hydrogen) atoms. The third-order valence-corrected chi connectivity index (χ3v) is 3.90. The molecule has 88 valence electrons. The quantitative estimate of drug-likeness (QED) is 0.832. The number of rotatable bonds is 4. The predicted molar refractivity (Wildman–Crippen MR) is 66.6 cm³/mol. The molecule has 0 aliphatic carbocycles. The van der Waals surface area contributed by atoms with Crippen molar-refractivity contribution < 1.29 is 4.79 Å². The summed E-state index contributed by atoms with van der Waals surface area (Å²) in [6, 6.07) is 4.16. The molecule has 1 amide bonds. The van der Waals surface area contributed by atoms with Gasteiger partial charge in [0.05, 0.1) is 0 Å². The van der Waals surface area contributed by atoms with Crippen LogP contribution in [0.4, 0.5) is 0 Å². The van der Waals surface area contributed by atoms with Crippen molar-refractivity contribution in [2.75, 3.05) is 19.6 Å². The molecule has 2 rings (SSSR count). The Kier molecular flexibility index (Phi) is 4.36. The molecule has 1 aliphatic rings. The summed E-state index contributed by atoms with van der Waals surface area (Å²) in [6.45, 7) is 2.72. The fraction of sp³-hybridized carbons (Fsp3) is 0.583. The van der Waals surface area contributed by atoms with E-state index in [4.69, 9.17) is 0 Å². The Morgan fingerprint density at radius 3 is 3.00 bits per heavy atom. The van der Waals surface area contributed by atoms with E-state index in [2.05, 4.69) is 28.1 Å². The standard InChI is InChI=1S/C12H18N2OS/c15-12(10-3-6-13-7-4-10)14-8-5-11-2-1-9-16-11/h1-2,9-10,13H,3-8H2,(H,14,15). The topological polar surface area (TPSA) is 41.1 Å². The molecule has 1 aromatic heterocycles. The first-order chi connectivity index (χ1) is 7.86. The number of thiophene rings is 1. The van der Waals surface area contributed by atoms with E-state index < -0.39 is 0 Å². The van der Waals surface area contributed by atoms with Gasteiger partial charge in [-0.1, -0.05) is 6.07 Å². The highest BCUT2D eigenvalue weighted by Crippen LogP contribution is 2.12. The lowest BCUT2D eigenvalue weighted by molar-refractivity contribution is -0.125. The van der Waals surface area contributed by atoms with Gasteiger partial charge in [0.2, 0.25) is 5.91 Å². The molecule has 0 bridgehead atoms. The van der Waals surface area contributed by atoms with Crippen LogP contribution >= 0.6 is 11.3 Å². The minimum Gasteiger partial charge on any atom is -0.355 e. The number of hydrogen-bond donors (Lipinski definition) is 2. The second kappa shape index (κ2) is 6.01. The molecular formula is C12H18N2OS. The average molecular weight is 238 g/mol. The zero-order valence-corrected chi connectivity index (χ0v) is 10.2. The van der Waals surface area contributed by atoms with Crippen molar-refractivity contribution >= 4 is 17.2 Å². The summed E-state index contributed by atoms with van der Waals surface area (Å²) < 4.78 is 0. The van der Waals surface area contributed by atoms with Crippen LogP contribution in [0.2, 0.25) is 0 Å². The maximum absolute atomic E-state index is 11.8. The minimum absolute atomic E-state index is 0.226. The van der Waals surface area contributed by atoms with Gasteiger partial charge in [-0.25, -0.2) is 0 Å². The number of nitrogens with one attached hydrogen (secondary N) is 2. The molecule has 0 unspecified atom stereocenters. The van der Waals surface area contributed by atoms with E-state index >= 15 is 0 Å². The Hall–Kier alpha value is -0.870. The summed E-state index contributed by atoms with van der Waals surface area (Å²) in [5.74, 6) is 0.461. The SMILES string of the molecule is O=C(NCCc1cccs1)C1CCNCC1. The van der Waals surface area contributed by atoms with Crippen LogP contribution in [-0.4, -0.2) is 25.5 Å². The highest BCUT2D eigenvalue weighted by atomic mass is 32.1. The minimum atomic E-state index is 0.226. The summed E-state index contributed by atoms with van der Waals surface area (Å²) in [5, 5.41) is 8.37. The van der Waals surface area contributed by atoms with Crippen molar-refractivity contribution in [1.82, 2.24) is 10.6 Å². The number of piperidine rings is 1. The Bertz CT molecular complexity index is 318. The molecule has 0 radical (unpaired) electrons. The Labute approximate surface area is 100 Å². The van der Waals surface area contributed by atoms with Crippen LogP contribution in [0.1, 0.15) is 17.7 Å². The van der Waals surface area contributed by atoms with Gasteiger partial charge >= 0.3 is 0 Å². The van der Waals surface area contributed by atoms with Crippen LogP contribution in [-0.2, 0) is 11.2 Å². The van der Waals surface area contributed by atoms with Gasteiger partial charge in [-0.15, -0.1) is 11.3 Å². The van der Waals surface area contributed by atoms with Gasteiger partial charge in [0.15, 0.2) is 0 Å². The van der Waals surface area contributed by atoms with Gasteiger partial charge in [0.25, 0.3) is 0 Å². The van der Waals surface area contributed by atoms with Crippen LogP contribution in [0.25, 0.3) is 0 Å². The van der Waals surface area contributed by atoms with E-state index in [1.165, 1.54) is 4.88 Å². The number of hydrogen-bond acceptors (Lipinski definition) is 3. The van der Waals surface area contributed by atoms with Crippen LogP contribution < -0.4 is 10.6 Å². The maximum Gasteiger partial charge on any atom is 0.223 e. The molecule has 2 heterocycles. The summed E-state index contributed by atoms with van der Waals surface area (Å²) in [4.78, 5) is 13.1. The number of amides is 1. The monoisotopic (exact) mass is 238 g/mol. The average Bonchev–Trinajstić information content (AvgIpc) is 2.83. The number of carbonyl (C=O) groups is 1. The first-order valence-electron chi connectivity index (χ1n) is 5.87. The van der Waals surface area contributed by atoms with E-state index in [-0.39, 0.29) is 11.8 Å². The lowest BCUT2D eigenvalue weighted by Crippen LogP contribution is -2.38. The Balaban J connectivity index is 1.67. The largest absolute Gasteiger partial charge is 0.355 e. The summed E-state index contributed by atoms with van der Waals surface area (Å²) in [7, 11) is 0. The van der Waals surface area contributed by atoms with E-state index in [0.717, 1.165) is 38.9 Å². The molecule has 1 fully saturated rings. The second-order valence-corrected chi connectivity index (χ2v) is 5.18. The van der Waals surface area contributed by atoms with Crippen LogP contribution in [0.3, 0.4) is 0 Å². The zero-order chi connectivity index (χ0) is 11.2. The van der Waals surface area contributed by atoms with Gasteiger partial charge in [0.1, 0.15) is 0 Å². The molecule has 0 aromatic carbocycles. The van der Waals surface area contributed by atoms with Crippen molar-refractivity contribution in [3.05, 3.63) is 22.4 Å². The number of carbonyl (C=O) groups excluding carboxylic acids is 1. The van der Waals surface area contributed by atoms with Crippen molar-refractivity contribution in [3.63, 3.8) is 0 Å². The van der Waals surface area contributed by atoms with Gasteiger partial charge in [-0.2, -0.15) is 0 Å². The zero-order valence-electron chi connectivity index (χ0n) is 9.37. The molecule has 1 saturated heterocycles. The first-order valence-corrected chi connectivity index (χ1v) is 6.75. The van der Waals surface area contributed by atoms with Gasteiger partial charge in [0, 0.05) is 17.3 Å². The van der Waals surface area contributed by atoms with Gasteiger partial charge in [-0.05, 0) is 43.8 Å². The van der Waals surface area contributed by atoms with Crippen molar-refractivity contribution in [2.24, 2.45) is 5.92 Å². The van der Waals surface area contributed by atoms with E-state index in [0.29, 0.717) is 0 Å². The highest BCUT2D eigenvalue weighted by molar-refractivity contribution is 7.09. The second-order valence-electron chi connectivity index (χ2n) is 4.14. The molecule has 2 N–H and O–H groups in total.